The molecule has 0 atom stereocenters. The van der Waals surface area contributed by atoms with Crippen molar-refractivity contribution in [2.45, 2.75) is 4.90 Å². The largest absolute Gasteiger partial charge is 0.497 e. The standard InChI is InChI=1S/C16H16N6O4S/c1-26-12-6-2-10(3-7-12)14(23)22-15(17)20-16(21-22)19-11-4-8-13(9-5-11)27(18,24)25/h2-9H,1H3,(H2,18,24,25)(H3,17,19,20,21). The number of aromatic nitrogens is 3. The molecular weight excluding hydrogens is 372 g/mol. The predicted molar refractivity (Wildman–Crippen MR) is 98.3 cm³/mol. The fourth-order valence-electron chi connectivity index (χ4n) is 2.24. The molecule has 0 fully saturated rings. The fourth-order valence-corrected chi connectivity index (χ4v) is 2.75. The third-order valence-electron chi connectivity index (χ3n) is 3.60. The number of sulfonamides is 1. The number of rotatable bonds is 5. The average molecular weight is 388 g/mol. The van der Waals surface area contributed by atoms with Crippen LogP contribution in [0, 0.1) is 0 Å². The first kappa shape index (κ1) is 18.4. The maximum absolute atomic E-state index is 12.5. The van der Waals surface area contributed by atoms with Gasteiger partial charge in [0.1, 0.15) is 5.75 Å². The van der Waals surface area contributed by atoms with Gasteiger partial charge in [0.15, 0.2) is 0 Å². The van der Waals surface area contributed by atoms with Gasteiger partial charge in [-0.25, -0.2) is 13.6 Å². The van der Waals surface area contributed by atoms with Crippen LogP contribution in [0.2, 0.25) is 0 Å². The maximum atomic E-state index is 12.5. The molecule has 0 aliphatic carbocycles. The summed E-state index contributed by atoms with van der Waals surface area (Å²) in [5.41, 5.74) is 6.63. The van der Waals surface area contributed by atoms with Gasteiger partial charge in [0, 0.05) is 11.3 Å². The van der Waals surface area contributed by atoms with E-state index < -0.39 is 15.9 Å². The minimum atomic E-state index is -3.78. The molecule has 0 spiro atoms. The molecule has 0 saturated carbocycles. The van der Waals surface area contributed by atoms with E-state index in [0.29, 0.717) is 17.0 Å². The Hall–Kier alpha value is -3.44. The maximum Gasteiger partial charge on any atom is 0.281 e. The van der Waals surface area contributed by atoms with E-state index >= 15 is 0 Å². The van der Waals surface area contributed by atoms with Gasteiger partial charge in [-0.3, -0.25) is 4.79 Å². The monoisotopic (exact) mass is 388 g/mol. The number of primary sulfonamides is 1. The molecule has 0 amide bonds. The van der Waals surface area contributed by atoms with E-state index in [-0.39, 0.29) is 16.8 Å². The van der Waals surface area contributed by atoms with Crippen LogP contribution in [0.5, 0.6) is 5.75 Å². The number of hydrogen-bond donors (Lipinski definition) is 3. The Labute approximate surface area is 154 Å². The summed E-state index contributed by atoms with van der Waals surface area (Å²) in [5.74, 6) is 0.140. The first-order valence-corrected chi connectivity index (χ1v) is 9.14. The Bertz CT molecular complexity index is 1080. The number of methoxy groups -OCH3 is 1. The molecule has 0 aliphatic rings. The summed E-state index contributed by atoms with van der Waals surface area (Å²) in [6.45, 7) is 0. The molecule has 140 valence electrons. The SMILES string of the molecule is COc1ccc(C(=O)n2nc(Nc3ccc(S(N)(=O)=O)cc3)nc2N)cc1. The number of nitrogen functional groups attached to an aromatic ring is 1. The van der Waals surface area contributed by atoms with Crippen LogP contribution in [0.3, 0.4) is 0 Å². The van der Waals surface area contributed by atoms with Crippen LogP contribution in [0.15, 0.2) is 53.4 Å². The number of anilines is 3. The lowest BCUT2D eigenvalue weighted by molar-refractivity contribution is 0.0948. The van der Waals surface area contributed by atoms with Gasteiger partial charge in [-0.15, -0.1) is 5.10 Å². The smallest absolute Gasteiger partial charge is 0.281 e. The zero-order valence-electron chi connectivity index (χ0n) is 14.2. The quantitative estimate of drug-likeness (QED) is 0.583. The molecule has 10 nitrogen and oxygen atoms in total. The van der Waals surface area contributed by atoms with Crippen LogP contribution in [-0.4, -0.2) is 36.2 Å². The summed E-state index contributed by atoms with van der Waals surface area (Å²) in [7, 11) is -2.25. The predicted octanol–water partition coefficient (Wildman–Crippen LogP) is 0.948. The molecule has 0 saturated heterocycles. The second kappa shape index (κ2) is 7.05. The van der Waals surface area contributed by atoms with Gasteiger partial charge in [0.2, 0.25) is 21.9 Å². The average Bonchev–Trinajstić information content (AvgIpc) is 3.01. The van der Waals surface area contributed by atoms with Crippen molar-refractivity contribution in [1.29, 1.82) is 0 Å². The van der Waals surface area contributed by atoms with Gasteiger partial charge < -0.3 is 15.8 Å². The van der Waals surface area contributed by atoms with Crippen molar-refractivity contribution in [3.8, 4) is 5.75 Å². The van der Waals surface area contributed by atoms with Crippen molar-refractivity contribution in [3.63, 3.8) is 0 Å². The number of nitrogens with zero attached hydrogens (tertiary/aromatic N) is 3. The highest BCUT2D eigenvalue weighted by atomic mass is 32.2. The Kier molecular flexibility index (Phi) is 4.79. The summed E-state index contributed by atoms with van der Waals surface area (Å²) in [4.78, 5) is 16.5. The molecule has 11 heteroatoms. The fraction of sp³-hybridized carbons (Fsp3) is 0.0625. The van der Waals surface area contributed by atoms with Gasteiger partial charge in [-0.2, -0.15) is 9.67 Å². The number of ether oxygens (including phenoxy) is 1. The lowest BCUT2D eigenvalue weighted by Crippen LogP contribution is -2.16. The summed E-state index contributed by atoms with van der Waals surface area (Å²) in [5, 5.41) is 11.9. The molecule has 2 aromatic carbocycles. The van der Waals surface area contributed by atoms with Crippen molar-refractivity contribution < 1.29 is 17.9 Å². The highest BCUT2D eigenvalue weighted by Crippen LogP contribution is 2.18. The Morgan fingerprint density at radius 2 is 1.74 bits per heavy atom. The third-order valence-corrected chi connectivity index (χ3v) is 4.53. The van der Waals surface area contributed by atoms with E-state index in [4.69, 9.17) is 15.6 Å². The number of carbonyl (C=O) groups is 1. The zero-order chi connectivity index (χ0) is 19.6. The van der Waals surface area contributed by atoms with Gasteiger partial charge in [0.25, 0.3) is 5.91 Å². The summed E-state index contributed by atoms with van der Waals surface area (Å²) in [6.07, 6.45) is 0. The molecule has 0 aliphatic heterocycles. The molecule has 27 heavy (non-hydrogen) atoms. The van der Waals surface area contributed by atoms with E-state index in [2.05, 4.69) is 15.4 Å². The molecule has 3 aromatic rings. The third kappa shape index (κ3) is 4.04. The molecule has 0 radical (unpaired) electrons. The number of hydrogen-bond acceptors (Lipinski definition) is 8. The van der Waals surface area contributed by atoms with Crippen LogP contribution in [0.4, 0.5) is 17.6 Å². The van der Waals surface area contributed by atoms with Crippen LogP contribution in [0.25, 0.3) is 0 Å². The first-order chi connectivity index (χ1) is 12.8. The van der Waals surface area contributed by atoms with Crippen LogP contribution in [-0.2, 0) is 10.0 Å². The van der Waals surface area contributed by atoms with E-state index in [0.717, 1.165) is 4.68 Å². The van der Waals surface area contributed by atoms with Gasteiger partial charge in [0.05, 0.1) is 12.0 Å². The lowest BCUT2D eigenvalue weighted by Gasteiger charge is -2.04. The summed E-state index contributed by atoms with van der Waals surface area (Å²) in [6, 6.07) is 12.1. The number of nitrogens with two attached hydrogens (primary N) is 2. The number of carbonyl (C=O) groups excluding carboxylic acids is 1. The molecule has 0 unspecified atom stereocenters. The lowest BCUT2D eigenvalue weighted by atomic mass is 10.2. The van der Waals surface area contributed by atoms with E-state index in [9.17, 15) is 13.2 Å². The Balaban J connectivity index is 1.80. The molecular formula is C16H16N6O4S. The van der Waals surface area contributed by atoms with E-state index in [1.807, 2.05) is 0 Å². The molecule has 0 bridgehead atoms. The van der Waals surface area contributed by atoms with Crippen molar-refractivity contribution in [2.75, 3.05) is 18.2 Å². The molecule has 1 aromatic heterocycles. The van der Waals surface area contributed by atoms with E-state index in [1.165, 1.54) is 31.4 Å². The summed E-state index contributed by atoms with van der Waals surface area (Å²) >= 11 is 0. The minimum Gasteiger partial charge on any atom is -0.497 e. The van der Waals surface area contributed by atoms with Gasteiger partial charge in [-0.1, -0.05) is 0 Å². The second-order valence-electron chi connectivity index (χ2n) is 5.43. The van der Waals surface area contributed by atoms with Gasteiger partial charge in [-0.05, 0) is 48.5 Å². The van der Waals surface area contributed by atoms with Crippen molar-refractivity contribution in [3.05, 3.63) is 54.1 Å². The molecule has 3 rings (SSSR count). The highest BCUT2D eigenvalue weighted by Gasteiger charge is 2.16. The van der Waals surface area contributed by atoms with Crippen molar-refractivity contribution in [2.24, 2.45) is 5.14 Å². The highest BCUT2D eigenvalue weighted by molar-refractivity contribution is 7.89. The first-order valence-electron chi connectivity index (χ1n) is 7.59. The van der Waals surface area contributed by atoms with Crippen LogP contribution >= 0.6 is 0 Å². The topological polar surface area (TPSA) is 155 Å². The molecule has 1 heterocycles. The van der Waals surface area contributed by atoms with E-state index in [1.54, 1.807) is 24.3 Å². The Morgan fingerprint density at radius 1 is 1.11 bits per heavy atom. The van der Waals surface area contributed by atoms with Crippen molar-refractivity contribution >= 4 is 33.5 Å². The number of nitrogens with one attached hydrogen (secondary N) is 1. The van der Waals surface area contributed by atoms with Crippen LogP contribution < -0.4 is 20.9 Å². The normalized spacial score (nSPS) is 11.2. The summed E-state index contributed by atoms with van der Waals surface area (Å²) < 4.78 is 28.5. The molecule has 5 N–H and O–H groups in total. The van der Waals surface area contributed by atoms with Crippen molar-refractivity contribution in [1.82, 2.24) is 14.8 Å². The number of benzene rings is 2. The second-order valence-corrected chi connectivity index (χ2v) is 6.99. The Morgan fingerprint density at radius 3 is 2.30 bits per heavy atom. The van der Waals surface area contributed by atoms with Gasteiger partial charge >= 0.3 is 0 Å². The van der Waals surface area contributed by atoms with Crippen LogP contribution in [0.1, 0.15) is 10.4 Å². The zero-order valence-corrected chi connectivity index (χ0v) is 15.0. The minimum absolute atomic E-state index is 0.0271.